The molecule has 3 heterocycles. The molecule has 7 nitrogen and oxygen atoms in total. The SMILES string of the molecule is CNC(=O)c1cc2c(=O)n3ccccc3nc2[n+](C)c1N. The minimum Gasteiger partial charge on any atom is -0.355 e. The average molecular weight is 284 g/mol. The fraction of sp³-hybridized carbons (Fsp3) is 0.143. The van der Waals surface area contributed by atoms with E-state index in [0.717, 1.165) is 0 Å². The summed E-state index contributed by atoms with van der Waals surface area (Å²) in [5, 5.41) is 2.85. The maximum absolute atomic E-state index is 12.6. The average Bonchev–Trinajstić information content (AvgIpc) is 2.51. The third kappa shape index (κ3) is 1.82. The van der Waals surface area contributed by atoms with Gasteiger partial charge in [0.1, 0.15) is 10.9 Å². The molecule has 0 saturated carbocycles. The van der Waals surface area contributed by atoms with E-state index >= 15 is 0 Å². The van der Waals surface area contributed by atoms with Crippen molar-refractivity contribution in [2.24, 2.45) is 7.05 Å². The molecule has 0 aliphatic heterocycles. The van der Waals surface area contributed by atoms with Gasteiger partial charge in [-0.05, 0) is 18.2 Å². The van der Waals surface area contributed by atoms with Crippen molar-refractivity contribution in [3.05, 3.63) is 46.4 Å². The first-order valence-corrected chi connectivity index (χ1v) is 6.36. The number of hydrogen-bond acceptors (Lipinski definition) is 4. The van der Waals surface area contributed by atoms with Gasteiger partial charge >= 0.3 is 0 Å². The molecule has 3 aromatic heterocycles. The van der Waals surface area contributed by atoms with Gasteiger partial charge in [-0.2, -0.15) is 0 Å². The van der Waals surface area contributed by atoms with Gasteiger partial charge in [-0.3, -0.25) is 14.0 Å². The van der Waals surface area contributed by atoms with Crippen LogP contribution >= 0.6 is 0 Å². The third-order valence-electron chi connectivity index (χ3n) is 3.46. The highest BCUT2D eigenvalue weighted by Crippen LogP contribution is 2.13. The summed E-state index contributed by atoms with van der Waals surface area (Å²) in [5.41, 5.74) is 6.95. The van der Waals surface area contributed by atoms with E-state index in [1.54, 1.807) is 36.0 Å². The summed E-state index contributed by atoms with van der Waals surface area (Å²) in [6.45, 7) is 0. The topological polar surface area (TPSA) is 93.4 Å². The monoisotopic (exact) mass is 284 g/mol. The Morgan fingerprint density at radius 3 is 2.90 bits per heavy atom. The van der Waals surface area contributed by atoms with Gasteiger partial charge < -0.3 is 11.1 Å². The van der Waals surface area contributed by atoms with Crippen molar-refractivity contribution in [1.82, 2.24) is 14.7 Å². The molecule has 0 saturated heterocycles. The molecule has 0 aliphatic carbocycles. The zero-order chi connectivity index (χ0) is 15.1. The molecule has 1 amide bonds. The number of rotatable bonds is 1. The van der Waals surface area contributed by atoms with Gasteiger partial charge in [0.2, 0.25) is 11.5 Å². The summed E-state index contributed by atoms with van der Waals surface area (Å²) < 4.78 is 2.99. The van der Waals surface area contributed by atoms with Gasteiger partial charge in [0.25, 0.3) is 17.1 Å². The normalized spacial score (nSPS) is 11.0. The summed E-state index contributed by atoms with van der Waals surface area (Å²) in [5.74, 6) is -0.0865. The Kier molecular flexibility index (Phi) is 2.83. The zero-order valence-corrected chi connectivity index (χ0v) is 11.6. The minimum absolute atomic E-state index is 0.239. The van der Waals surface area contributed by atoms with E-state index < -0.39 is 0 Å². The lowest BCUT2D eigenvalue weighted by Crippen LogP contribution is -2.39. The van der Waals surface area contributed by atoms with Crippen molar-refractivity contribution < 1.29 is 9.36 Å². The van der Waals surface area contributed by atoms with Crippen LogP contribution in [0.2, 0.25) is 0 Å². The van der Waals surface area contributed by atoms with Crippen molar-refractivity contribution in [2.75, 3.05) is 12.8 Å². The predicted molar refractivity (Wildman–Crippen MR) is 77.9 cm³/mol. The molecule has 0 unspecified atom stereocenters. The lowest BCUT2D eigenvalue weighted by Gasteiger charge is -2.07. The largest absolute Gasteiger partial charge is 0.355 e. The second-order valence-electron chi connectivity index (χ2n) is 4.66. The Morgan fingerprint density at radius 2 is 2.19 bits per heavy atom. The Balaban J connectivity index is 2.52. The number of amides is 1. The number of nitrogens with zero attached hydrogens (tertiary/aromatic N) is 3. The first-order valence-electron chi connectivity index (χ1n) is 6.36. The lowest BCUT2D eigenvalue weighted by atomic mass is 10.2. The van der Waals surface area contributed by atoms with Gasteiger partial charge in [-0.1, -0.05) is 11.1 Å². The van der Waals surface area contributed by atoms with Crippen LogP contribution in [0.25, 0.3) is 16.7 Å². The number of aromatic nitrogens is 3. The molecule has 3 aromatic rings. The highest BCUT2D eigenvalue weighted by atomic mass is 16.1. The summed E-state index contributed by atoms with van der Waals surface area (Å²) >= 11 is 0. The number of nitrogens with one attached hydrogen (secondary N) is 1. The van der Waals surface area contributed by atoms with Crippen LogP contribution in [0.1, 0.15) is 10.4 Å². The summed E-state index contributed by atoms with van der Waals surface area (Å²) in [6.07, 6.45) is 1.64. The summed E-state index contributed by atoms with van der Waals surface area (Å²) in [7, 11) is 3.19. The number of aryl methyl sites for hydroxylation is 1. The van der Waals surface area contributed by atoms with E-state index in [-0.39, 0.29) is 22.8 Å². The quantitative estimate of drug-likeness (QED) is 0.470. The van der Waals surface area contributed by atoms with Crippen LogP contribution in [0.4, 0.5) is 5.82 Å². The van der Waals surface area contributed by atoms with E-state index in [4.69, 9.17) is 5.73 Å². The molecule has 0 radical (unpaired) electrons. The lowest BCUT2D eigenvalue weighted by molar-refractivity contribution is -0.632. The number of fused-ring (bicyclic) bond motifs is 2. The van der Waals surface area contributed by atoms with E-state index in [1.807, 2.05) is 0 Å². The Labute approximate surface area is 119 Å². The van der Waals surface area contributed by atoms with Crippen molar-refractivity contribution >= 4 is 28.4 Å². The van der Waals surface area contributed by atoms with Gasteiger partial charge in [-0.25, -0.2) is 4.57 Å². The number of pyridine rings is 2. The van der Waals surface area contributed by atoms with Crippen LogP contribution in [-0.2, 0) is 7.05 Å². The number of carbonyl (C=O) groups is 1. The van der Waals surface area contributed by atoms with Gasteiger partial charge in [-0.15, -0.1) is 0 Å². The smallest absolute Gasteiger partial charge is 0.278 e. The van der Waals surface area contributed by atoms with Crippen LogP contribution in [0.15, 0.2) is 35.3 Å². The van der Waals surface area contributed by atoms with E-state index in [1.165, 1.54) is 17.5 Å². The minimum atomic E-state index is -0.345. The first-order chi connectivity index (χ1) is 10.0. The molecular formula is C14H14N5O2+. The molecule has 0 bridgehead atoms. The van der Waals surface area contributed by atoms with Crippen LogP contribution in [0, 0.1) is 0 Å². The second-order valence-corrected chi connectivity index (χ2v) is 4.66. The molecule has 3 N–H and O–H groups in total. The fourth-order valence-electron chi connectivity index (χ4n) is 2.30. The molecule has 106 valence electrons. The molecule has 0 aromatic carbocycles. The summed E-state index contributed by atoms with van der Waals surface area (Å²) in [4.78, 5) is 28.9. The number of hydrogen-bond donors (Lipinski definition) is 2. The Morgan fingerprint density at radius 1 is 1.43 bits per heavy atom. The van der Waals surface area contributed by atoms with Gasteiger partial charge in [0, 0.05) is 13.2 Å². The summed E-state index contributed by atoms with van der Waals surface area (Å²) in [6, 6.07) is 6.77. The van der Waals surface area contributed by atoms with Crippen molar-refractivity contribution in [3.63, 3.8) is 0 Å². The third-order valence-corrected chi connectivity index (χ3v) is 3.46. The first kappa shape index (κ1) is 13.0. The molecule has 3 rings (SSSR count). The molecular weight excluding hydrogens is 270 g/mol. The highest BCUT2D eigenvalue weighted by Gasteiger charge is 2.21. The molecule has 0 aliphatic rings. The Hall–Kier alpha value is -2.96. The van der Waals surface area contributed by atoms with Crippen molar-refractivity contribution in [2.45, 2.75) is 0 Å². The van der Waals surface area contributed by atoms with Gasteiger partial charge in [0.05, 0.1) is 7.05 Å². The van der Waals surface area contributed by atoms with Crippen LogP contribution < -0.4 is 21.2 Å². The van der Waals surface area contributed by atoms with Crippen molar-refractivity contribution in [1.29, 1.82) is 0 Å². The van der Waals surface area contributed by atoms with Crippen molar-refractivity contribution in [3.8, 4) is 0 Å². The molecule has 7 heteroatoms. The Bertz CT molecular complexity index is 945. The molecule has 0 spiro atoms. The maximum atomic E-state index is 12.6. The fourth-order valence-corrected chi connectivity index (χ4v) is 2.30. The van der Waals surface area contributed by atoms with E-state index in [2.05, 4.69) is 10.3 Å². The van der Waals surface area contributed by atoms with Crippen LogP contribution in [0.5, 0.6) is 0 Å². The maximum Gasteiger partial charge on any atom is 0.278 e. The molecule has 0 fully saturated rings. The van der Waals surface area contributed by atoms with Crippen LogP contribution in [0.3, 0.4) is 0 Å². The second kappa shape index (κ2) is 4.55. The number of carbonyl (C=O) groups excluding carboxylic acids is 1. The number of nitrogens with two attached hydrogens (primary N) is 1. The zero-order valence-electron chi connectivity index (χ0n) is 11.6. The predicted octanol–water partition coefficient (Wildman–Crippen LogP) is -0.386. The molecule has 0 atom stereocenters. The highest BCUT2D eigenvalue weighted by molar-refractivity contribution is 6.00. The number of anilines is 1. The van der Waals surface area contributed by atoms with Gasteiger partial charge in [0.15, 0.2) is 0 Å². The van der Waals surface area contributed by atoms with E-state index in [0.29, 0.717) is 16.7 Å². The van der Waals surface area contributed by atoms with E-state index in [9.17, 15) is 9.59 Å². The number of nitrogen functional groups attached to an aromatic ring is 1. The standard InChI is InChI=1S/C14H13N5O2/c1-16-13(20)8-7-9-12(18(2)11(8)15)17-10-5-3-4-6-19(10)14(9)21/h3-7,15H,1-2H3,(H,16,20)/p+1. The molecule has 21 heavy (non-hydrogen) atoms. The van der Waals surface area contributed by atoms with Crippen LogP contribution in [-0.4, -0.2) is 22.3 Å².